The van der Waals surface area contributed by atoms with E-state index in [0.717, 1.165) is 0 Å². The van der Waals surface area contributed by atoms with Crippen LogP contribution in [0.5, 0.6) is 0 Å². The number of benzene rings is 1. The molecule has 2 N–H and O–H groups in total. The molecule has 2 aromatic rings. The Morgan fingerprint density at radius 3 is 2.93 bits per heavy atom. The Hall–Kier alpha value is -1.56. The summed E-state index contributed by atoms with van der Waals surface area (Å²) in [6.07, 6.45) is -0.184. The van der Waals surface area contributed by atoms with Gasteiger partial charge in [-0.2, -0.15) is 0 Å². The number of aliphatic carboxylic acids is 1. The third-order valence-corrected chi connectivity index (χ3v) is 2.36. The maximum absolute atomic E-state index is 11.0. The first-order valence-electron chi connectivity index (χ1n) is 4.09. The second kappa shape index (κ2) is 3.54. The molecule has 1 heterocycles. The summed E-state index contributed by atoms with van der Waals surface area (Å²) in [5.41, 5.74) is 1.25. The fourth-order valence-electron chi connectivity index (χ4n) is 1.39. The normalized spacial score (nSPS) is 10.7. The highest BCUT2D eigenvalue weighted by molar-refractivity contribution is 9.10. The Morgan fingerprint density at radius 2 is 2.27 bits per heavy atom. The van der Waals surface area contributed by atoms with Gasteiger partial charge in [0.15, 0.2) is 5.58 Å². The Bertz CT molecular complexity index is 583. The molecule has 15 heavy (non-hydrogen) atoms. The standard InChI is InChI=1S/C9H6BrNO4/c10-5-1-4(2-7(12)13)8-6(3-5)11-9(14)15-8/h1,3H,2H2,(H,11,14)(H,12,13). The first-order chi connectivity index (χ1) is 7.06. The number of carboxylic acid groups (broad SMARTS) is 1. The van der Waals surface area contributed by atoms with E-state index >= 15 is 0 Å². The molecule has 0 amide bonds. The molecule has 1 aromatic heterocycles. The third kappa shape index (κ3) is 1.94. The van der Waals surface area contributed by atoms with E-state index in [1.54, 1.807) is 12.1 Å². The van der Waals surface area contributed by atoms with Crippen LogP contribution in [0.15, 0.2) is 25.8 Å². The molecule has 0 aliphatic rings. The Kier molecular flexibility index (Phi) is 2.36. The number of hydrogen-bond donors (Lipinski definition) is 2. The van der Waals surface area contributed by atoms with E-state index < -0.39 is 11.7 Å². The average molecular weight is 272 g/mol. The quantitative estimate of drug-likeness (QED) is 0.867. The molecule has 5 nitrogen and oxygen atoms in total. The van der Waals surface area contributed by atoms with E-state index in [-0.39, 0.29) is 6.42 Å². The van der Waals surface area contributed by atoms with E-state index in [1.165, 1.54) is 0 Å². The van der Waals surface area contributed by atoms with Gasteiger partial charge < -0.3 is 9.52 Å². The van der Waals surface area contributed by atoms with Gasteiger partial charge in [0.25, 0.3) is 0 Å². The predicted molar refractivity (Wildman–Crippen MR) is 55.9 cm³/mol. The monoisotopic (exact) mass is 271 g/mol. The molecule has 0 bridgehead atoms. The molecule has 0 saturated carbocycles. The SMILES string of the molecule is O=C(O)Cc1cc(Br)cc2[nH]c(=O)oc12. The van der Waals surface area contributed by atoms with Crippen LogP contribution < -0.4 is 5.76 Å². The van der Waals surface area contributed by atoms with Gasteiger partial charge in [-0.05, 0) is 12.1 Å². The molecule has 1 aromatic carbocycles. The number of hydrogen-bond acceptors (Lipinski definition) is 3. The first-order valence-corrected chi connectivity index (χ1v) is 4.88. The second-order valence-electron chi connectivity index (χ2n) is 3.03. The van der Waals surface area contributed by atoms with Crippen molar-refractivity contribution in [3.8, 4) is 0 Å². The summed E-state index contributed by atoms with van der Waals surface area (Å²) >= 11 is 3.23. The zero-order chi connectivity index (χ0) is 11.0. The van der Waals surface area contributed by atoms with E-state index in [1.807, 2.05) is 0 Å². The summed E-state index contributed by atoms with van der Waals surface area (Å²) < 4.78 is 5.56. The molecular weight excluding hydrogens is 266 g/mol. The van der Waals surface area contributed by atoms with Crippen LogP contribution in [0.25, 0.3) is 11.1 Å². The van der Waals surface area contributed by atoms with Crippen molar-refractivity contribution in [1.29, 1.82) is 0 Å². The largest absolute Gasteiger partial charge is 0.481 e. The van der Waals surface area contributed by atoms with E-state index in [9.17, 15) is 9.59 Å². The van der Waals surface area contributed by atoms with Gasteiger partial charge >= 0.3 is 11.7 Å². The summed E-state index contributed by atoms with van der Waals surface area (Å²) in [4.78, 5) is 24.0. The van der Waals surface area contributed by atoms with Crippen molar-refractivity contribution in [2.24, 2.45) is 0 Å². The van der Waals surface area contributed by atoms with Crippen LogP contribution in [0, 0.1) is 0 Å². The van der Waals surface area contributed by atoms with Crippen molar-refractivity contribution in [2.45, 2.75) is 6.42 Å². The van der Waals surface area contributed by atoms with Gasteiger partial charge in [-0.25, -0.2) is 4.79 Å². The summed E-state index contributed by atoms with van der Waals surface area (Å²) in [5, 5.41) is 8.68. The van der Waals surface area contributed by atoms with Crippen LogP contribution >= 0.6 is 15.9 Å². The first kappa shape index (κ1) is 9.97. The number of carbonyl (C=O) groups is 1. The summed E-state index contributed by atoms with van der Waals surface area (Å²) in [5.74, 6) is -1.56. The average Bonchev–Trinajstić information content (AvgIpc) is 2.44. The van der Waals surface area contributed by atoms with Crippen LogP contribution in [-0.2, 0) is 11.2 Å². The lowest BCUT2D eigenvalue weighted by Gasteiger charge is -1.98. The number of H-pyrrole nitrogens is 1. The van der Waals surface area contributed by atoms with Crippen LogP contribution in [0.2, 0.25) is 0 Å². The lowest BCUT2D eigenvalue weighted by atomic mass is 10.1. The molecule has 0 spiro atoms. The fraction of sp³-hybridized carbons (Fsp3) is 0.111. The number of rotatable bonds is 2. The smallest absolute Gasteiger partial charge is 0.417 e. The number of oxazole rings is 1. The number of carboxylic acids is 1. The number of aromatic nitrogens is 1. The van der Waals surface area contributed by atoms with Gasteiger partial charge in [0.1, 0.15) is 0 Å². The van der Waals surface area contributed by atoms with Gasteiger partial charge in [0.2, 0.25) is 0 Å². The second-order valence-corrected chi connectivity index (χ2v) is 3.94. The topological polar surface area (TPSA) is 83.3 Å². The molecule has 0 atom stereocenters. The number of nitrogens with one attached hydrogen (secondary N) is 1. The molecule has 0 fully saturated rings. The molecule has 0 radical (unpaired) electrons. The molecular formula is C9H6BrNO4. The van der Waals surface area contributed by atoms with Crippen molar-refractivity contribution in [2.75, 3.05) is 0 Å². The van der Waals surface area contributed by atoms with Crippen molar-refractivity contribution >= 4 is 33.0 Å². The Morgan fingerprint density at radius 1 is 1.53 bits per heavy atom. The zero-order valence-electron chi connectivity index (χ0n) is 7.41. The Balaban J connectivity index is 2.70. The van der Waals surface area contributed by atoms with Gasteiger partial charge in [-0.1, -0.05) is 15.9 Å². The zero-order valence-corrected chi connectivity index (χ0v) is 9.00. The highest BCUT2D eigenvalue weighted by Crippen LogP contribution is 2.22. The minimum absolute atomic E-state index is 0.184. The van der Waals surface area contributed by atoms with Crippen LogP contribution in [-0.4, -0.2) is 16.1 Å². The van der Waals surface area contributed by atoms with Crippen molar-refractivity contribution in [3.05, 3.63) is 32.7 Å². The van der Waals surface area contributed by atoms with Crippen molar-refractivity contribution in [3.63, 3.8) is 0 Å². The highest BCUT2D eigenvalue weighted by atomic mass is 79.9. The molecule has 0 aliphatic carbocycles. The minimum Gasteiger partial charge on any atom is -0.481 e. The number of aromatic amines is 1. The van der Waals surface area contributed by atoms with Gasteiger partial charge in [0, 0.05) is 10.0 Å². The molecule has 78 valence electrons. The van der Waals surface area contributed by atoms with Gasteiger partial charge in [-0.3, -0.25) is 9.78 Å². The molecule has 6 heteroatoms. The predicted octanol–water partition coefficient (Wildman–Crippen LogP) is 1.51. The van der Waals surface area contributed by atoms with Crippen LogP contribution in [0.1, 0.15) is 5.56 Å². The van der Waals surface area contributed by atoms with E-state index in [2.05, 4.69) is 20.9 Å². The van der Waals surface area contributed by atoms with Gasteiger partial charge in [-0.15, -0.1) is 0 Å². The lowest BCUT2D eigenvalue weighted by molar-refractivity contribution is -0.136. The van der Waals surface area contributed by atoms with Crippen molar-refractivity contribution in [1.82, 2.24) is 4.98 Å². The summed E-state index contributed by atoms with van der Waals surface area (Å²) in [7, 11) is 0. The number of fused-ring (bicyclic) bond motifs is 1. The van der Waals surface area contributed by atoms with Crippen molar-refractivity contribution < 1.29 is 14.3 Å². The molecule has 0 saturated heterocycles. The highest BCUT2D eigenvalue weighted by Gasteiger charge is 2.11. The van der Waals surface area contributed by atoms with Crippen LogP contribution in [0.4, 0.5) is 0 Å². The summed E-state index contributed by atoms with van der Waals surface area (Å²) in [6.45, 7) is 0. The fourth-order valence-corrected chi connectivity index (χ4v) is 1.89. The summed E-state index contributed by atoms with van der Waals surface area (Å²) in [6, 6.07) is 3.28. The Labute approximate surface area is 91.8 Å². The van der Waals surface area contributed by atoms with Gasteiger partial charge in [0.05, 0.1) is 11.9 Å². The maximum atomic E-state index is 11.0. The van der Waals surface area contributed by atoms with E-state index in [4.69, 9.17) is 9.52 Å². The number of halogens is 1. The molecule has 2 rings (SSSR count). The van der Waals surface area contributed by atoms with E-state index in [0.29, 0.717) is 21.1 Å². The molecule has 0 unspecified atom stereocenters. The molecule has 0 aliphatic heterocycles. The lowest BCUT2D eigenvalue weighted by Crippen LogP contribution is -2.00. The third-order valence-electron chi connectivity index (χ3n) is 1.90. The minimum atomic E-state index is -0.974. The van der Waals surface area contributed by atoms with Crippen LogP contribution in [0.3, 0.4) is 0 Å². The maximum Gasteiger partial charge on any atom is 0.417 e.